The number of pyridine rings is 1. The molecule has 9 heteroatoms. The maximum Gasteiger partial charge on any atom is 0.177 e. The van der Waals surface area contributed by atoms with E-state index in [4.69, 9.17) is 10.7 Å². The van der Waals surface area contributed by atoms with Crippen LogP contribution in [-0.4, -0.2) is 49.4 Å². The first-order valence-electron chi connectivity index (χ1n) is 9.41. The van der Waals surface area contributed by atoms with E-state index in [9.17, 15) is 0 Å². The molecule has 28 heavy (non-hydrogen) atoms. The quantitative estimate of drug-likeness (QED) is 0.549. The Bertz CT molecular complexity index is 1130. The van der Waals surface area contributed by atoms with E-state index >= 15 is 0 Å². The molecule has 0 saturated carbocycles. The van der Waals surface area contributed by atoms with Gasteiger partial charge < -0.3 is 10.6 Å². The molecule has 0 atom stereocenters. The molecule has 5 heterocycles. The van der Waals surface area contributed by atoms with Crippen molar-refractivity contribution >= 4 is 34.3 Å². The average molecular weight is 395 g/mol. The second-order valence-electron chi connectivity index (χ2n) is 7.62. The molecule has 0 aromatic carbocycles. The molecule has 4 aromatic rings. The van der Waals surface area contributed by atoms with Crippen LogP contribution in [0.4, 0.5) is 5.82 Å². The molecule has 1 aliphatic heterocycles. The van der Waals surface area contributed by atoms with Crippen LogP contribution in [0, 0.1) is 5.41 Å². The van der Waals surface area contributed by atoms with Gasteiger partial charge >= 0.3 is 0 Å². The Morgan fingerprint density at radius 2 is 2.14 bits per heavy atom. The Hall–Kier alpha value is -2.65. The minimum atomic E-state index is 0.239. The van der Waals surface area contributed by atoms with Gasteiger partial charge in [-0.15, -0.1) is 0 Å². The summed E-state index contributed by atoms with van der Waals surface area (Å²) in [5, 5.41) is 12.5. The van der Waals surface area contributed by atoms with Crippen molar-refractivity contribution in [1.82, 2.24) is 29.8 Å². The molecule has 0 unspecified atom stereocenters. The second-order valence-corrected chi connectivity index (χ2v) is 8.68. The van der Waals surface area contributed by atoms with Gasteiger partial charge in [-0.05, 0) is 43.0 Å². The number of aromatic nitrogens is 6. The minimum absolute atomic E-state index is 0.239. The van der Waals surface area contributed by atoms with E-state index in [1.165, 1.54) is 0 Å². The summed E-state index contributed by atoms with van der Waals surface area (Å²) in [5.74, 6) is 0.896. The predicted molar refractivity (Wildman–Crippen MR) is 110 cm³/mol. The lowest BCUT2D eigenvalue weighted by molar-refractivity contribution is 0.258. The molecule has 4 aromatic heterocycles. The SMILES string of the molecule is CC1(CN)CCN(c2cnc3c(Sc4ccn5nccc5c4)n[nH]c3n2)CC1. The summed E-state index contributed by atoms with van der Waals surface area (Å²) < 4.78 is 1.84. The fourth-order valence-corrected chi connectivity index (χ4v) is 4.42. The Morgan fingerprint density at radius 3 is 2.96 bits per heavy atom. The monoisotopic (exact) mass is 394 g/mol. The van der Waals surface area contributed by atoms with Crippen LogP contribution in [0.25, 0.3) is 16.7 Å². The Kier molecular flexibility index (Phi) is 4.21. The average Bonchev–Trinajstić information content (AvgIpc) is 3.35. The maximum absolute atomic E-state index is 5.92. The van der Waals surface area contributed by atoms with Crippen molar-refractivity contribution in [2.24, 2.45) is 11.1 Å². The van der Waals surface area contributed by atoms with Gasteiger partial charge in [-0.2, -0.15) is 10.2 Å². The zero-order valence-corrected chi connectivity index (χ0v) is 16.5. The van der Waals surface area contributed by atoms with E-state index in [2.05, 4.69) is 38.2 Å². The van der Waals surface area contributed by atoms with Gasteiger partial charge in [-0.1, -0.05) is 18.7 Å². The summed E-state index contributed by atoms with van der Waals surface area (Å²) >= 11 is 1.57. The van der Waals surface area contributed by atoms with Crippen molar-refractivity contribution in [2.75, 3.05) is 24.5 Å². The van der Waals surface area contributed by atoms with E-state index < -0.39 is 0 Å². The smallest absolute Gasteiger partial charge is 0.177 e. The first kappa shape index (κ1) is 17.4. The van der Waals surface area contributed by atoms with Gasteiger partial charge in [0.2, 0.25) is 0 Å². The summed E-state index contributed by atoms with van der Waals surface area (Å²) in [6, 6.07) is 6.09. The van der Waals surface area contributed by atoms with E-state index in [1.807, 2.05) is 29.0 Å². The Balaban J connectivity index is 1.37. The van der Waals surface area contributed by atoms with Gasteiger partial charge in [0.25, 0.3) is 0 Å². The van der Waals surface area contributed by atoms with Gasteiger partial charge in [-0.3, -0.25) is 5.10 Å². The van der Waals surface area contributed by atoms with E-state index in [-0.39, 0.29) is 5.41 Å². The summed E-state index contributed by atoms with van der Waals surface area (Å²) in [4.78, 5) is 12.8. The van der Waals surface area contributed by atoms with Crippen molar-refractivity contribution in [3.63, 3.8) is 0 Å². The van der Waals surface area contributed by atoms with Crippen LogP contribution < -0.4 is 10.6 Å². The van der Waals surface area contributed by atoms with Gasteiger partial charge in [0.05, 0.1) is 11.7 Å². The standard InChI is InChI=1S/C19H22N8S/c1-19(12-20)4-8-26(9-5-19)15-11-21-16-17(23-15)24-25-18(16)28-14-3-7-27-13(10-14)2-6-22-27/h2-3,6-7,10-11H,4-5,8-9,12,20H2,1H3,(H,23,24,25). The van der Waals surface area contributed by atoms with E-state index in [0.717, 1.165) is 64.9 Å². The third-order valence-corrected chi connectivity index (χ3v) is 6.57. The van der Waals surface area contributed by atoms with Crippen molar-refractivity contribution in [2.45, 2.75) is 29.7 Å². The fraction of sp³-hybridized carbons (Fsp3) is 0.368. The summed E-state index contributed by atoms with van der Waals surface area (Å²) in [6.45, 7) is 4.90. The third kappa shape index (κ3) is 3.10. The van der Waals surface area contributed by atoms with Crippen molar-refractivity contribution in [3.8, 4) is 0 Å². The van der Waals surface area contributed by atoms with Gasteiger partial charge in [0.1, 0.15) is 11.3 Å². The number of anilines is 1. The molecule has 0 aliphatic carbocycles. The highest BCUT2D eigenvalue weighted by molar-refractivity contribution is 7.99. The molecular weight excluding hydrogens is 372 g/mol. The first-order chi connectivity index (χ1) is 13.6. The summed E-state index contributed by atoms with van der Waals surface area (Å²) in [6.07, 6.45) is 7.74. The van der Waals surface area contributed by atoms with Gasteiger partial charge in [0.15, 0.2) is 10.7 Å². The summed E-state index contributed by atoms with van der Waals surface area (Å²) in [5.41, 5.74) is 8.72. The number of piperidine rings is 1. The molecule has 1 aliphatic rings. The fourth-order valence-electron chi connectivity index (χ4n) is 3.55. The van der Waals surface area contributed by atoms with E-state index in [0.29, 0.717) is 0 Å². The lowest BCUT2D eigenvalue weighted by atomic mass is 9.80. The molecule has 3 N–H and O–H groups in total. The number of aromatic amines is 1. The maximum atomic E-state index is 5.92. The number of hydrogen-bond acceptors (Lipinski definition) is 7. The zero-order chi connectivity index (χ0) is 19.1. The van der Waals surface area contributed by atoms with Crippen LogP contribution in [0.15, 0.2) is 46.7 Å². The molecule has 144 valence electrons. The molecule has 0 radical (unpaired) electrons. The molecule has 0 bridgehead atoms. The van der Waals surface area contributed by atoms with Crippen LogP contribution in [0.1, 0.15) is 19.8 Å². The molecule has 1 fully saturated rings. The molecule has 0 spiro atoms. The number of H-pyrrole nitrogens is 1. The van der Waals surface area contributed by atoms with Gasteiger partial charge in [-0.25, -0.2) is 14.5 Å². The number of rotatable bonds is 4. The Morgan fingerprint density at radius 1 is 1.29 bits per heavy atom. The van der Waals surface area contributed by atoms with Crippen LogP contribution in [0.2, 0.25) is 0 Å². The minimum Gasteiger partial charge on any atom is -0.355 e. The lowest BCUT2D eigenvalue weighted by Gasteiger charge is -2.39. The normalized spacial score (nSPS) is 16.9. The van der Waals surface area contributed by atoms with Crippen LogP contribution in [0.5, 0.6) is 0 Å². The molecule has 0 amide bonds. The Labute approximate surface area is 166 Å². The van der Waals surface area contributed by atoms with Crippen LogP contribution >= 0.6 is 11.8 Å². The molecule has 8 nitrogen and oxygen atoms in total. The van der Waals surface area contributed by atoms with Gasteiger partial charge in [0, 0.05) is 30.4 Å². The molecule has 5 rings (SSSR count). The lowest BCUT2D eigenvalue weighted by Crippen LogP contribution is -2.42. The van der Waals surface area contributed by atoms with Crippen molar-refractivity contribution in [1.29, 1.82) is 0 Å². The number of nitrogens with zero attached hydrogens (tertiary/aromatic N) is 6. The number of nitrogens with two attached hydrogens (primary N) is 1. The van der Waals surface area contributed by atoms with Crippen LogP contribution in [0.3, 0.4) is 0 Å². The predicted octanol–water partition coefficient (Wildman–Crippen LogP) is 2.72. The van der Waals surface area contributed by atoms with Crippen LogP contribution in [-0.2, 0) is 0 Å². The number of fused-ring (bicyclic) bond motifs is 2. The van der Waals surface area contributed by atoms with E-state index in [1.54, 1.807) is 18.0 Å². The summed E-state index contributed by atoms with van der Waals surface area (Å²) in [7, 11) is 0. The molecule has 1 saturated heterocycles. The molecular formula is C19H22N8S. The number of nitrogens with one attached hydrogen (secondary N) is 1. The topological polar surface area (TPSA) is 101 Å². The van der Waals surface area contributed by atoms with Crippen molar-refractivity contribution < 1.29 is 0 Å². The largest absolute Gasteiger partial charge is 0.355 e. The highest BCUT2D eigenvalue weighted by Gasteiger charge is 2.29. The zero-order valence-electron chi connectivity index (χ0n) is 15.7. The highest BCUT2D eigenvalue weighted by Crippen LogP contribution is 2.33. The van der Waals surface area contributed by atoms with Crippen molar-refractivity contribution in [3.05, 3.63) is 36.8 Å². The highest BCUT2D eigenvalue weighted by atomic mass is 32.2. The third-order valence-electron chi connectivity index (χ3n) is 5.60. The number of hydrogen-bond donors (Lipinski definition) is 2. The first-order valence-corrected chi connectivity index (χ1v) is 10.2. The second kappa shape index (κ2) is 6.75.